The van der Waals surface area contributed by atoms with Crippen molar-refractivity contribution in [2.24, 2.45) is 5.92 Å². The maximum absolute atomic E-state index is 11.9. The van der Waals surface area contributed by atoms with Crippen LogP contribution < -0.4 is 5.32 Å². The van der Waals surface area contributed by atoms with E-state index in [1.54, 1.807) is 6.92 Å². The molecule has 1 aliphatic heterocycles. The van der Waals surface area contributed by atoms with Crippen LogP contribution in [-0.2, 0) is 9.53 Å². The molecule has 18 heavy (non-hydrogen) atoms. The molecule has 1 fully saturated rings. The minimum Gasteiger partial charge on any atom is -0.481 e. The number of amides is 2. The monoisotopic (exact) mass is 260 g/mol. The maximum Gasteiger partial charge on any atom is 0.317 e. The first kappa shape index (κ1) is 14.7. The van der Waals surface area contributed by atoms with E-state index in [0.29, 0.717) is 26.2 Å². The van der Waals surface area contributed by atoms with E-state index < -0.39 is 11.9 Å². The van der Waals surface area contributed by atoms with Crippen molar-refractivity contribution in [1.29, 1.82) is 0 Å². The van der Waals surface area contributed by atoms with Gasteiger partial charge in [-0.1, -0.05) is 6.92 Å². The van der Waals surface area contributed by atoms with Gasteiger partial charge in [0.15, 0.2) is 0 Å². The molecule has 0 aromatic heterocycles. The zero-order valence-corrected chi connectivity index (χ0v) is 10.5. The maximum atomic E-state index is 11.9. The molecule has 0 aromatic rings. The third kappa shape index (κ3) is 3.85. The number of nitrogens with zero attached hydrogens (tertiary/aromatic N) is 1. The van der Waals surface area contributed by atoms with Crippen molar-refractivity contribution in [1.82, 2.24) is 10.2 Å². The fraction of sp³-hybridized carbons (Fsp3) is 0.818. The number of carboxylic acids is 1. The summed E-state index contributed by atoms with van der Waals surface area (Å²) in [6, 6.07) is -0.708. The van der Waals surface area contributed by atoms with Crippen LogP contribution in [-0.4, -0.2) is 66.1 Å². The van der Waals surface area contributed by atoms with E-state index in [1.807, 2.05) is 0 Å². The van der Waals surface area contributed by atoms with E-state index in [4.69, 9.17) is 14.9 Å². The predicted octanol–water partition coefficient (Wildman–Crippen LogP) is -0.500. The predicted molar refractivity (Wildman–Crippen MR) is 63.2 cm³/mol. The summed E-state index contributed by atoms with van der Waals surface area (Å²) in [5, 5.41) is 20.6. The number of aliphatic carboxylic acids is 1. The smallest absolute Gasteiger partial charge is 0.317 e. The minimum absolute atomic E-state index is 0.0974. The molecule has 1 aliphatic rings. The molecule has 0 aliphatic carbocycles. The fourth-order valence-corrected chi connectivity index (χ4v) is 1.79. The van der Waals surface area contributed by atoms with Crippen molar-refractivity contribution >= 4 is 12.0 Å². The summed E-state index contributed by atoms with van der Waals surface area (Å²) in [5.41, 5.74) is 0. The third-order valence-corrected chi connectivity index (χ3v) is 3.04. The van der Waals surface area contributed by atoms with Crippen LogP contribution in [0.25, 0.3) is 0 Å². The first-order chi connectivity index (χ1) is 8.60. The second kappa shape index (κ2) is 7.17. The summed E-state index contributed by atoms with van der Waals surface area (Å²) < 4.78 is 5.16. The molecule has 0 radical (unpaired) electrons. The van der Waals surface area contributed by atoms with Gasteiger partial charge < -0.3 is 25.2 Å². The Kier molecular flexibility index (Phi) is 5.87. The van der Waals surface area contributed by atoms with Gasteiger partial charge in [0, 0.05) is 13.1 Å². The number of rotatable bonds is 5. The number of carbonyl (C=O) groups is 2. The Morgan fingerprint density at radius 1 is 1.56 bits per heavy atom. The van der Waals surface area contributed by atoms with Gasteiger partial charge in [0.2, 0.25) is 0 Å². The number of carboxylic acid groups (broad SMARTS) is 1. The van der Waals surface area contributed by atoms with Crippen LogP contribution in [0.15, 0.2) is 0 Å². The van der Waals surface area contributed by atoms with E-state index in [1.165, 1.54) is 4.90 Å². The first-order valence-corrected chi connectivity index (χ1v) is 6.06. The van der Waals surface area contributed by atoms with Crippen molar-refractivity contribution in [3.8, 4) is 0 Å². The van der Waals surface area contributed by atoms with Gasteiger partial charge in [-0.25, -0.2) is 4.79 Å². The quantitative estimate of drug-likeness (QED) is 0.619. The van der Waals surface area contributed by atoms with Crippen LogP contribution in [0.5, 0.6) is 0 Å². The van der Waals surface area contributed by atoms with Gasteiger partial charge in [0.1, 0.15) is 0 Å². The van der Waals surface area contributed by atoms with Crippen LogP contribution in [0.3, 0.4) is 0 Å². The number of nitrogens with one attached hydrogen (secondary N) is 1. The standard InChI is InChI=1S/C11H20N2O5/c1-2-8(10(15)16)5-12-11(17)13-3-4-18-7-9(13)6-14/h8-9,14H,2-7H2,1H3,(H,12,17)(H,15,16). The number of aliphatic hydroxyl groups is 1. The molecule has 2 atom stereocenters. The summed E-state index contributed by atoms with van der Waals surface area (Å²) in [7, 11) is 0. The van der Waals surface area contributed by atoms with E-state index in [9.17, 15) is 9.59 Å². The molecular weight excluding hydrogens is 240 g/mol. The zero-order chi connectivity index (χ0) is 13.5. The summed E-state index contributed by atoms with van der Waals surface area (Å²) in [5.74, 6) is -1.50. The van der Waals surface area contributed by atoms with Crippen LogP contribution in [0.2, 0.25) is 0 Å². The lowest BCUT2D eigenvalue weighted by atomic mass is 10.1. The average molecular weight is 260 g/mol. The summed E-state index contributed by atoms with van der Waals surface area (Å²) in [4.78, 5) is 24.2. The summed E-state index contributed by atoms with van der Waals surface area (Å²) in [6.07, 6.45) is 0.460. The van der Waals surface area contributed by atoms with Crippen LogP contribution in [0.1, 0.15) is 13.3 Å². The number of aliphatic hydroxyl groups excluding tert-OH is 1. The van der Waals surface area contributed by atoms with Crippen molar-refractivity contribution in [3.63, 3.8) is 0 Å². The number of hydrogen-bond donors (Lipinski definition) is 3. The van der Waals surface area contributed by atoms with E-state index in [0.717, 1.165) is 0 Å². The SMILES string of the molecule is CCC(CNC(=O)N1CCOCC1CO)C(=O)O. The Bertz CT molecular complexity index is 297. The highest BCUT2D eigenvalue weighted by molar-refractivity contribution is 5.76. The Morgan fingerprint density at radius 2 is 2.28 bits per heavy atom. The molecular formula is C11H20N2O5. The zero-order valence-electron chi connectivity index (χ0n) is 10.5. The largest absolute Gasteiger partial charge is 0.481 e. The van der Waals surface area contributed by atoms with Gasteiger partial charge in [-0.15, -0.1) is 0 Å². The highest BCUT2D eigenvalue weighted by Crippen LogP contribution is 2.07. The lowest BCUT2D eigenvalue weighted by Crippen LogP contribution is -2.54. The lowest BCUT2D eigenvalue weighted by Gasteiger charge is -2.34. The lowest BCUT2D eigenvalue weighted by molar-refractivity contribution is -0.141. The number of morpholine rings is 1. The number of carbonyl (C=O) groups excluding carboxylic acids is 1. The molecule has 7 heteroatoms. The van der Waals surface area contributed by atoms with Gasteiger partial charge >= 0.3 is 12.0 Å². The minimum atomic E-state index is -0.918. The number of urea groups is 1. The molecule has 0 saturated carbocycles. The molecule has 104 valence electrons. The average Bonchev–Trinajstić information content (AvgIpc) is 2.38. The highest BCUT2D eigenvalue weighted by atomic mass is 16.5. The Hall–Kier alpha value is -1.34. The van der Waals surface area contributed by atoms with Crippen molar-refractivity contribution < 1.29 is 24.5 Å². The number of ether oxygens (including phenoxy) is 1. The third-order valence-electron chi connectivity index (χ3n) is 3.04. The molecule has 0 spiro atoms. The van der Waals surface area contributed by atoms with Gasteiger partial charge in [-0.3, -0.25) is 4.79 Å². The van der Waals surface area contributed by atoms with Crippen LogP contribution in [0, 0.1) is 5.92 Å². The normalized spacial score (nSPS) is 21.4. The van der Waals surface area contributed by atoms with Crippen LogP contribution in [0.4, 0.5) is 4.79 Å². The summed E-state index contributed by atoms with van der Waals surface area (Å²) in [6.45, 7) is 2.83. The summed E-state index contributed by atoms with van der Waals surface area (Å²) >= 11 is 0. The Balaban J connectivity index is 2.45. The molecule has 0 aromatic carbocycles. The molecule has 1 saturated heterocycles. The van der Waals surface area contributed by atoms with E-state index in [-0.39, 0.29) is 25.2 Å². The first-order valence-electron chi connectivity index (χ1n) is 6.06. The molecule has 2 amide bonds. The van der Waals surface area contributed by atoms with Gasteiger partial charge in [-0.05, 0) is 6.42 Å². The van der Waals surface area contributed by atoms with Crippen LogP contribution >= 0.6 is 0 Å². The van der Waals surface area contributed by atoms with Gasteiger partial charge in [-0.2, -0.15) is 0 Å². The van der Waals surface area contributed by atoms with E-state index >= 15 is 0 Å². The topological polar surface area (TPSA) is 99.1 Å². The van der Waals surface area contributed by atoms with E-state index in [2.05, 4.69) is 5.32 Å². The Labute approximate surface area is 106 Å². The van der Waals surface area contributed by atoms with Crippen molar-refractivity contribution in [3.05, 3.63) is 0 Å². The van der Waals surface area contributed by atoms with Crippen molar-refractivity contribution in [2.75, 3.05) is 32.9 Å². The molecule has 7 nitrogen and oxygen atoms in total. The van der Waals surface area contributed by atoms with Gasteiger partial charge in [0.05, 0.1) is 31.8 Å². The fourth-order valence-electron chi connectivity index (χ4n) is 1.79. The number of hydrogen-bond acceptors (Lipinski definition) is 4. The Morgan fingerprint density at radius 3 is 2.83 bits per heavy atom. The molecule has 0 bridgehead atoms. The van der Waals surface area contributed by atoms with Crippen molar-refractivity contribution in [2.45, 2.75) is 19.4 Å². The highest BCUT2D eigenvalue weighted by Gasteiger charge is 2.27. The molecule has 1 heterocycles. The molecule has 3 N–H and O–H groups in total. The molecule has 1 rings (SSSR count). The second-order valence-corrected chi connectivity index (χ2v) is 4.23. The molecule has 2 unspecified atom stereocenters. The second-order valence-electron chi connectivity index (χ2n) is 4.23. The van der Waals surface area contributed by atoms with Gasteiger partial charge in [0.25, 0.3) is 0 Å².